The molecule has 0 heterocycles. The molecule has 0 unspecified atom stereocenters. The van der Waals surface area contributed by atoms with Gasteiger partial charge in [-0.3, -0.25) is 4.99 Å². The standard InChI is InChI=1S/C14H29N3/c1-12(2)10-14(8-6-7-9-14)11-16-13(15-3)17(4)5/h12H,6-11H2,1-5H3,(H,15,16). The lowest BCUT2D eigenvalue weighted by Gasteiger charge is -2.32. The number of rotatable bonds is 4. The highest BCUT2D eigenvalue weighted by molar-refractivity contribution is 5.79. The van der Waals surface area contributed by atoms with Crippen molar-refractivity contribution in [2.24, 2.45) is 16.3 Å². The van der Waals surface area contributed by atoms with E-state index < -0.39 is 0 Å². The Labute approximate surface area is 107 Å². The fourth-order valence-corrected chi connectivity index (χ4v) is 3.15. The lowest BCUT2D eigenvalue weighted by molar-refractivity contribution is 0.233. The summed E-state index contributed by atoms with van der Waals surface area (Å²) in [6.45, 7) is 5.75. The maximum Gasteiger partial charge on any atom is 0.193 e. The number of nitrogens with zero attached hydrogens (tertiary/aromatic N) is 2. The van der Waals surface area contributed by atoms with Crippen molar-refractivity contribution < 1.29 is 0 Å². The Balaban J connectivity index is 2.56. The van der Waals surface area contributed by atoms with Gasteiger partial charge in [0.2, 0.25) is 0 Å². The molecule has 0 radical (unpaired) electrons. The molecule has 0 bridgehead atoms. The summed E-state index contributed by atoms with van der Waals surface area (Å²) in [6.07, 6.45) is 6.89. The van der Waals surface area contributed by atoms with E-state index in [0.29, 0.717) is 5.41 Å². The number of guanidine groups is 1. The van der Waals surface area contributed by atoms with Crippen LogP contribution in [-0.2, 0) is 0 Å². The second kappa shape index (κ2) is 6.27. The molecule has 1 aliphatic rings. The van der Waals surface area contributed by atoms with Crippen LogP contribution in [0, 0.1) is 11.3 Å². The minimum atomic E-state index is 0.514. The highest BCUT2D eigenvalue weighted by atomic mass is 15.3. The topological polar surface area (TPSA) is 27.6 Å². The van der Waals surface area contributed by atoms with Crippen LogP contribution in [-0.4, -0.2) is 38.5 Å². The summed E-state index contributed by atoms with van der Waals surface area (Å²) in [5.74, 6) is 1.79. The molecule has 1 saturated carbocycles. The third kappa shape index (κ3) is 4.21. The smallest absolute Gasteiger partial charge is 0.193 e. The van der Waals surface area contributed by atoms with Crippen molar-refractivity contribution in [3.8, 4) is 0 Å². The van der Waals surface area contributed by atoms with Gasteiger partial charge >= 0.3 is 0 Å². The molecule has 0 amide bonds. The highest BCUT2D eigenvalue weighted by Crippen LogP contribution is 2.42. The summed E-state index contributed by atoms with van der Waals surface area (Å²) in [6, 6.07) is 0. The van der Waals surface area contributed by atoms with Gasteiger partial charge in [0, 0.05) is 27.7 Å². The van der Waals surface area contributed by atoms with Crippen molar-refractivity contribution in [2.75, 3.05) is 27.7 Å². The van der Waals surface area contributed by atoms with Crippen LogP contribution in [0.1, 0.15) is 46.0 Å². The molecule has 0 spiro atoms. The molecule has 1 fully saturated rings. The quantitative estimate of drug-likeness (QED) is 0.603. The maximum atomic E-state index is 4.29. The minimum Gasteiger partial charge on any atom is -0.356 e. The number of hydrogen-bond acceptors (Lipinski definition) is 1. The van der Waals surface area contributed by atoms with E-state index in [2.05, 4.69) is 29.1 Å². The molecule has 1 aliphatic carbocycles. The molecule has 0 aliphatic heterocycles. The first-order chi connectivity index (χ1) is 7.99. The molecule has 1 N–H and O–H groups in total. The van der Waals surface area contributed by atoms with E-state index in [1.807, 2.05) is 21.1 Å². The van der Waals surface area contributed by atoms with Crippen LogP contribution in [0.25, 0.3) is 0 Å². The Morgan fingerprint density at radius 2 is 1.88 bits per heavy atom. The summed E-state index contributed by atoms with van der Waals surface area (Å²) >= 11 is 0. The average molecular weight is 239 g/mol. The van der Waals surface area contributed by atoms with Crippen molar-refractivity contribution in [3.05, 3.63) is 0 Å². The predicted octanol–water partition coefficient (Wildman–Crippen LogP) is 2.73. The molecule has 1 rings (SSSR count). The molecule has 0 saturated heterocycles. The van der Waals surface area contributed by atoms with Crippen molar-refractivity contribution in [3.63, 3.8) is 0 Å². The molecule has 17 heavy (non-hydrogen) atoms. The monoisotopic (exact) mass is 239 g/mol. The van der Waals surface area contributed by atoms with Crippen LogP contribution < -0.4 is 5.32 Å². The first-order valence-electron chi connectivity index (χ1n) is 6.87. The van der Waals surface area contributed by atoms with Crippen LogP contribution in [0.3, 0.4) is 0 Å². The summed E-state index contributed by atoms with van der Waals surface area (Å²) in [5, 5.41) is 3.53. The Kier molecular flexibility index (Phi) is 5.29. The van der Waals surface area contributed by atoms with Crippen molar-refractivity contribution in [1.29, 1.82) is 0 Å². The van der Waals surface area contributed by atoms with Crippen molar-refractivity contribution >= 4 is 5.96 Å². The van der Waals surface area contributed by atoms with Crippen LogP contribution in [0.15, 0.2) is 4.99 Å². The van der Waals surface area contributed by atoms with Crippen molar-refractivity contribution in [1.82, 2.24) is 10.2 Å². The van der Waals surface area contributed by atoms with Crippen molar-refractivity contribution in [2.45, 2.75) is 46.0 Å². The van der Waals surface area contributed by atoms with Gasteiger partial charge in [-0.05, 0) is 30.6 Å². The fourth-order valence-electron chi connectivity index (χ4n) is 3.15. The number of nitrogens with one attached hydrogen (secondary N) is 1. The summed E-state index contributed by atoms with van der Waals surface area (Å²) in [7, 11) is 5.93. The van der Waals surface area contributed by atoms with Gasteiger partial charge in [0.05, 0.1) is 0 Å². The van der Waals surface area contributed by atoms with Gasteiger partial charge in [0.25, 0.3) is 0 Å². The van der Waals surface area contributed by atoms with Gasteiger partial charge in [0.1, 0.15) is 0 Å². The molecular formula is C14H29N3. The molecule has 0 atom stereocenters. The van der Waals surface area contributed by atoms with E-state index in [-0.39, 0.29) is 0 Å². The zero-order valence-corrected chi connectivity index (χ0v) is 12.2. The molecule has 0 aromatic rings. The van der Waals surface area contributed by atoms with E-state index in [1.54, 1.807) is 0 Å². The van der Waals surface area contributed by atoms with Gasteiger partial charge in [-0.2, -0.15) is 0 Å². The molecule has 0 aromatic heterocycles. The Hall–Kier alpha value is -0.730. The number of hydrogen-bond donors (Lipinski definition) is 1. The number of aliphatic imine (C=N–C) groups is 1. The molecule has 100 valence electrons. The second-order valence-corrected chi connectivity index (χ2v) is 6.10. The van der Waals surface area contributed by atoms with Gasteiger partial charge in [-0.15, -0.1) is 0 Å². The maximum absolute atomic E-state index is 4.29. The normalized spacial score (nSPS) is 19.8. The van der Waals surface area contributed by atoms with E-state index >= 15 is 0 Å². The zero-order valence-electron chi connectivity index (χ0n) is 12.2. The van der Waals surface area contributed by atoms with Crippen LogP contribution >= 0.6 is 0 Å². The lowest BCUT2D eigenvalue weighted by Crippen LogP contribution is -2.42. The Morgan fingerprint density at radius 3 is 2.29 bits per heavy atom. The molecular weight excluding hydrogens is 210 g/mol. The molecule has 0 aromatic carbocycles. The van der Waals surface area contributed by atoms with E-state index in [0.717, 1.165) is 18.4 Å². The lowest BCUT2D eigenvalue weighted by atomic mass is 9.78. The summed E-state index contributed by atoms with van der Waals surface area (Å²) in [5.41, 5.74) is 0.514. The largest absolute Gasteiger partial charge is 0.356 e. The van der Waals surface area contributed by atoms with E-state index in [9.17, 15) is 0 Å². The predicted molar refractivity (Wildman–Crippen MR) is 75.4 cm³/mol. The van der Waals surface area contributed by atoms with E-state index in [4.69, 9.17) is 0 Å². The van der Waals surface area contributed by atoms with Crippen LogP contribution in [0.4, 0.5) is 0 Å². The first kappa shape index (κ1) is 14.3. The van der Waals surface area contributed by atoms with Gasteiger partial charge < -0.3 is 10.2 Å². The molecule has 3 nitrogen and oxygen atoms in total. The van der Waals surface area contributed by atoms with Crippen LogP contribution in [0.5, 0.6) is 0 Å². The Bertz CT molecular complexity index is 250. The average Bonchev–Trinajstić information content (AvgIpc) is 2.66. The van der Waals surface area contributed by atoms with Crippen LogP contribution in [0.2, 0.25) is 0 Å². The third-order valence-corrected chi connectivity index (χ3v) is 3.76. The van der Waals surface area contributed by atoms with Gasteiger partial charge in [-0.1, -0.05) is 26.7 Å². The first-order valence-corrected chi connectivity index (χ1v) is 6.87. The zero-order chi connectivity index (χ0) is 12.9. The SMILES string of the molecule is CN=C(NCC1(CC(C)C)CCCC1)N(C)C. The van der Waals surface area contributed by atoms with E-state index in [1.165, 1.54) is 32.1 Å². The van der Waals surface area contributed by atoms with Gasteiger partial charge in [0.15, 0.2) is 5.96 Å². The highest BCUT2D eigenvalue weighted by Gasteiger charge is 2.34. The molecule has 3 heteroatoms. The van der Waals surface area contributed by atoms with Gasteiger partial charge in [-0.25, -0.2) is 0 Å². The Morgan fingerprint density at radius 1 is 1.29 bits per heavy atom. The summed E-state index contributed by atoms with van der Waals surface area (Å²) < 4.78 is 0. The second-order valence-electron chi connectivity index (χ2n) is 6.10. The fraction of sp³-hybridized carbons (Fsp3) is 0.929. The third-order valence-electron chi connectivity index (χ3n) is 3.76. The minimum absolute atomic E-state index is 0.514. The summed E-state index contributed by atoms with van der Waals surface area (Å²) in [4.78, 5) is 6.34.